The molecule has 8 nitrogen and oxygen atoms in total. The molecule has 0 radical (unpaired) electrons. The van der Waals surface area contributed by atoms with Crippen molar-refractivity contribution < 1.29 is 9.59 Å². The largest absolute Gasteiger partial charge is 0.403 e. The molecule has 0 atom stereocenters. The van der Waals surface area contributed by atoms with Gasteiger partial charge >= 0.3 is 0 Å². The summed E-state index contributed by atoms with van der Waals surface area (Å²) in [6, 6.07) is 6.09. The Bertz CT molecular complexity index is 1360. The summed E-state index contributed by atoms with van der Waals surface area (Å²) in [7, 11) is 0. The van der Waals surface area contributed by atoms with Crippen molar-refractivity contribution >= 4 is 33.7 Å². The molecule has 2 aliphatic rings. The zero-order valence-electron chi connectivity index (χ0n) is 18.9. The number of benzene rings is 1. The van der Waals surface area contributed by atoms with E-state index in [9.17, 15) is 14.4 Å². The van der Waals surface area contributed by atoms with Crippen molar-refractivity contribution in [1.82, 2.24) is 20.2 Å². The van der Waals surface area contributed by atoms with Gasteiger partial charge in [-0.1, -0.05) is 24.6 Å². The van der Waals surface area contributed by atoms with E-state index in [-0.39, 0.29) is 11.4 Å². The second-order valence-corrected chi connectivity index (χ2v) is 9.91. The van der Waals surface area contributed by atoms with Gasteiger partial charge in [0.05, 0.1) is 11.1 Å². The van der Waals surface area contributed by atoms with Crippen LogP contribution in [0.3, 0.4) is 0 Å². The molecule has 2 aromatic heterocycles. The lowest BCUT2D eigenvalue weighted by atomic mass is 9.97. The fourth-order valence-corrected chi connectivity index (χ4v) is 6.14. The molecule has 1 aliphatic carbocycles. The number of H-pyrrole nitrogens is 1. The Hall–Kier alpha value is -3.46. The third kappa shape index (κ3) is 4.23. The lowest BCUT2D eigenvalue weighted by Crippen LogP contribution is -2.31. The monoisotopic (exact) mass is 477 g/mol. The second kappa shape index (κ2) is 9.42. The lowest BCUT2D eigenvalue weighted by molar-refractivity contribution is -0.106. The normalized spacial score (nSPS) is 16.0. The van der Waals surface area contributed by atoms with Gasteiger partial charge in [0.1, 0.15) is 4.83 Å². The average Bonchev–Trinajstić information content (AvgIpc) is 3.05. The Morgan fingerprint density at radius 3 is 2.88 bits per heavy atom. The summed E-state index contributed by atoms with van der Waals surface area (Å²) in [5.41, 5.74) is 10.2. The van der Waals surface area contributed by atoms with Gasteiger partial charge in [0.15, 0.2) is 6.29 Å². The Balaban J connectivity index is 1.32. The molecule has 0 spiro atoms. The number of aldehydes is 1. The molecule has 1 aliphatic heterocycles. The van der Waals surface area contributed by atoms with Crippen LogP contribution in [0.15, 0.2) is 34.9 Å². The summed E-state index contributed by atoms with van der Waals surface area (Å²) in [5, 5.41) is 3.53. The van der Waals surface area contributed by atoms with Gasteiger partial charge < -0.3 is 20.9 Å². The molecule has 0 saturated heterocycles. The zero-order chi connectivity index (χ0) is 23.7. The van der Waals surface area contributed by atoms with Crippen LogP contribution in [0.1, 0.15) is 57.0 Å². The number of aromatic nitrogens is 2. The molecule has 4 N–H and O–H groups in total. The van der Waals surface area contributed by atoms with Crippen LogP contribution in [0.5, 0.6) is 0 Å². The summed E-state index contributed by atoms with van der Waals surface area (Å²) in [6.45, 7) is 1.63. The average molecular weight is 478 g/mol. The predicted molar refractivity (Wildman–Crippen MR) is 132 cm³/mol. The molecule has 176 valence electrons. The number of nitrogens with one attached hydrogen (secondary N) is 2. The van der Waals surface area contributed by atoms with Crippen LogP contribution in [0.2, 0.25) is 0 Å². The van der Waals surface area contributed by atoms with Gasteiger partial charge in [-0.15, -0.1) is 11.3 Å². The summed E-state index contributed by atoms with van der Waals surface area (Å²) in [5.74, 6) is -0.363. The van der Waals surface area contributed by atoms with Gasteiger partial charge in [-0.05, 0) is 54.4 Å². The molecule has 0 saturated carbocycles. The molecule has 0 unspecified atom stereocenters. The second-order valence-electron chi connectivity index (χ2n) is 8.83. The minimum Gasteiger partial charge on any atom is -0.403 e. The van der Waals surface area contributed by atoms with E-state index in [1.54, 1.807) is 11.3 Å². The van der Waals surface area contributed by atoms with Gasteiger partial charge in [-0.25, -0.2) is 4.98 Å². The van der Waals surface area contributed by atoms with Crippen LogP contribution in [0, 0.1) is 0 Å². The number of aryl methyl sites for hydroxylation is 2. The molecular weight excluding hydrogens is 450 g/mol. The van der Waals surface area contributed by atoms with Crippen molar-refractivity contribution in [3.8, 4) is 0 Å². The predicted octanol–water partition coefficient (Wildman–Crippen LogP) is 2.54. The van der Waals surface area contributed by atoms with Crippen molar-refractivity contribution in [2.24, 2.45) is 5.73 Å². The number of hydrogen-bond acceptors (Lipinski definition) is 7. The van der Waals surface area contributed by atoms with Crippen molar-refractivity contribution in [1.29, 1.82) is 0 Å². The first-order chi connectivity index (χ1) is 16.6. The van der Waals surface area contributed by atoms with E-state index < -0.39 is 5.91 Å². The number of nitrogens with zero attached hydrogens (tertiary/aromatic N) is 2. The Kier molecular flexibility index (Phi) is 6.19. The standard InChI is InChI=1S/C25H27N5O3S/c26-11-18(14-31)30-9-8-16-7-6-15(10-17(16)13-30)12-27-24(33)22-28-23(32)21-19-4-2-1-3-5-20(19)34-25(21)29-22/h6-7,10-11,14H,1-5,8-9,12-13,26H2,(H,27,33)(H,28,29,32)/b18-11-. The highest BCUT2D eigenvalue weighted by molar-refractivity contribution is 7.18. The summed E-state index contributed by atoms with van der Waals surface area (Å²) < 4.78 is 0. The molecule has 0 bridgehead atoms. The van der Waals surface area contributed by atoms with Gasteiger partial charge in [-0.2, -0.15) is 0 Å². The Labute approximate surface area is 200 Å². The van der Waals surface area contributed by atoms with E-state index >= 15 is 0 Å². The molecule has 0 fully saturated rings. The van der Waals surface area contributed by atoms with Crippen molar-refractivity contribution in [3.63, 3.8) is 0 Å². The van der Waals surface area contributed by atoms with E-state index in [4.69, 9.17) is 5.73 Å². The Morgan fingerprint density at radius 2 is 2.06 bits per heavy atom. The summed E-state index contributed by atoms with van der Waals surface area (Å²) in [4.78, 5) is 47.9. The molecule has 3 aromatic rings. The molecule has 1 aromatic carbocycles. The molecule has 3 heterocycles. The minimum absolute atomic E-state index is 0.0433. The fraction of sp³-hybridized carbons (Fsp3) is 0.360. The van der Waals surface area contributed by atoms with Crippen molar-refractivity contribution in [3.05, 3.63) is 73.4 Å². The quantitative estimate of drug-likeness (QED) is 0.295. The third-order valence-electron chi connectivity index (χ3n) is 6.68. The van der Waals surface area contributed by atoms with Crippen LogP contribution in [0.25, 0.3) is 10.2 Å². The molecular formula is C25H27N5O3S. The number of rotatable bonds is 5. The van der Waals surface area contributed by atoms with Crippen molar-refractivity contribution in [2.45, 2.75) is 51.6 Å². The third-order valence-corrected chi connectivity index (χ3v) is 7.87. The van der Waals surface area contributed by atoms with Crippen LogP contribution in [0.4, 0.5) is 0 Å². The number of nitrogens with two attached hydrogens (primary N) is 1. The van der Waals surface area contributed by atoms with Gasteiger partial charge in [0, 0.05) is 30.7 Å². The van der Waals surface area contributed by atoms with E-state index in [2.05, 4.69) is 21.4 Å². The summed E-state index contributed by atoms with van der Waals surface area (Å²) >= 11 is 1.54. The highest BCUT2D eigenvalue weighted by atomic mass is 32.1. The Morgan fingerprint density at radius 1 is 1.21 bits per heavy atom. The lowest BCUT2D eigenvalue weighted by Gasteiger charge is -2.30. The number of amides is 1. The van der Waals surface area contributed by atoms with E-state index in [1.165, 1.54) is 23.1 Å². The van der Waals surface area contributed by atoms with E-state index in [0.29, 0.717) is 29.0 Å². The first-order valence-electron chi connectivity index (χ1n) is 11.6. The maximum absolute atomic E-state index is 12.8. The van der Waals surface area contributed by atoms with E-state index in [0.717, 1.165) is 61.6 Å². The van der Waals surface area contributed by atoms with Crippen LogP contribution in [-0.2, 0) is 37.1 Å². The topological polar surface area (TPSA) is 121 Å². The zero-order valence-corrected chi connectivity index (χ0v) is 19.7. The number of aromatic amines is 1. The molecule has 5 rings (SSSR count). The van der Waals surface area contributed by atoms with Crippen LogP contribution < -0.4 is 16.6 Å². The van der Waals surface area contributed by atoms with Crippen LogP contribution in [-0.4, -0.2) is 33.6 Å². The number of fused-ring (bicyclic) bond motifs is 4. The van der Waals surface area contributed by atoms with Crippen molar-refractivity contribution in [2.75, 3.05) is 6.54 Å². The number of carbonyl (C=O) groups excluding carboxylic acids is 2. The number of thiophene rings is 1. The van der Waals surface area contributed by atoms with Gasteiger partial charge in [-0.3, -0.25) is 14.4 Å². The number of hydrogen-bond donors (Lipinski definition) is 3. The minimum atomic E-state index is -0.406. The van der Waals surface area contributed by atoms with Gasteiger partial charge in [0.25, 0.3) is 11.5 Å². The van der Waals surface area contributed by atoms with Crippen LogP contribution >= 0.6 is 11.3 Å². The SMILES string of the molecule is N/C=C(/C=O)N1CCc2ccc(CNC(=O)c3nc4sc5c(c4c(=O)[nH]3)CCCCC5)cc2C1. The molecule has 1 amide bonds. The molecule has 34 heavy (non-hydrogen) atoms. The first kappa shape index (κ1) is 22.3. The van der Waals surface area contributed by atoms with Gasteiger partial charge in [0.2, 0.25) is 5.82 Å². The highest BCUT2D eigenvalue weighted by Crippen LogP contribution is 2.32. The smallest absolute Gasteiger partial charge is 0.287 e. The molecule has 9 heteroatoms. The maximum Gasteiger partial charge on any atom is 0.287 e. The first-order valence-corrected chi connectivity index (χ1v) is 12.4. The van der Waals surface area contributed by atoms with E-state index in [1.807, 2.05) is 17.0 Å². The maximum atomic E-state index is 12.8. The number of carbonyl (C=O) groups is 2. The summed E-state index contributed by atoms with van der Waals surface area (Å²) in [6.07, 6.45) is 8.18. The number of allylic oxidation sites excluding steroid dienone is 1. The highest BCUT2D eigenvalue weighted by Gasteiger charge is 2.21. The fourth-order valence-electron chi connectivity index (χ4n) is 4.87.